The molecule has 3 aromatic rings. The minimum absolute atomic E-state index is 0.0118. The number of nitriles is 2. The fraction of sp³-hybridized carbons (Fsp3) is 0.156. The zero-order chi connectivity index (χ0) is 25.5. The summed E-state index contributed by atoms with van der Waals surface area (Å²) in [5.41, 5.74) is 6.80. The number of hydrogen-bond acceptors (Lipinski definition) is 4. The van der Waals surface area contributed by atoms with Gasteiger partial charge in [0.15, 0.2) is 0 Å². The maximum absolute atomic E-state index is 11.1. The summed E-state index contributed by atoms with van der Waals surface area (Å²) in [5, 5.41) is 18.6. The Labute approximate surface area is 212 Å². The largest absolute Gasteiger partial charge is 0.311 e. The SMILES string of the molecule is CC1(C)CC(/C=C/c2ccc(N(c3ccccc3)c3ccc(C=O)cc3)cc2)=CC(=C(C#N)C#N)C1. The van der Waals surface area contributed by atoms with Crippen LogP contribution in [0.2, 0.25) is 0 Å². The zero-order valence-electron chi connectivity index (χ0n) is 20.5. The van der Waals surface area contributed by atoms with Crippen LogP contribution >= 0.6 is 0 Å². The van der Waals surface area contributed by atoms with Gasteiger partial charge in [0.05, 0.1) is 0 Å². The highest BCUT2D eigenvalue weighted by Gasteiger charge is 2.26. The van der Waals surface area contributed by atoms with Crippen molar-refractivity contribution in [3.05, 3.63) is 119 Å². The van der Waals surface area contributed by atoms with Gasteiger partial charge >= 0.3 is 0 Å². The van der Waals surface area contributed by atoms with E-state index in [0.29, 0.717) is 5.56 Å². The van der Waals surface area contributed by atoms with Crippen molar-refractivity contribution < 1.29 is 4.79 Å². The second-order valence-electron chi connectivity index (χ2n) is 9.67. The van der Waals surface area contributed by atoms with E-state index >= 15 is 0 Å². The van der Waals surface area contributed by atoms with Gasteiger partial charge < -0.3 is 4.90 Å². The van der Waals surface area contributed by atoms with Gasteiger partial charge in [0.1, 0.15) is 24.0 Å². The van der Waals surface area contributed by atoms with E-state index in [4.69, 9.17) is 0 Å². The summed E-state index contributed by atoms with van der Waals surface area (Å²) in [4.78, 5) is 13.3. The lowest BCUT2D eigenvalue weighted by molar-refractivity contribution is 0.112. The number of anilines is 3. The molecule has 3 aromatic carbocycles. The lowest BCUT2D eigenvalue weighted by Crippen LogP contribution is -2.17. The van der Waals surface area contributed by atoms with E-state index in [1.54, 1.807) is 0 Å². The van der Waals surface area contributed by atoms with Crippen LogP contribution in [0.15, 0.2) is 108 Å². The molecule has 0 fully saturated rings. The van der Waals surface area contributed by atoms with Gasteiger partial charge in [0.25, 0.3) is 0 Å². The molecule has 0 spiro atoms. The number of para-hydroxylation sites is 1. The summed E-state index contributed by atoms with van der Waals surface area (Å²) in [6.45, 7) is 4.32. The first kappa shape index (κ1) is 24.5. The van der Waals surface area contributed by atoms with Crippen LogP contribution in [0.5, 0.6) is 0 Å². The molecule has 4 rings (SSSR count). The van der Waals surface area contributed by atoms with Crippen LogP contribution in [0, 0.1) is 28.1 Å². The van der Waals surface area contributed by atoms with Gasteiger partial charge in [-0.1, -0.05) is 62.4 Å². The molecule has 0 radical (unpaired) electrons. The van der Waals surface area contributed by atoms with Gasteiger partial charge in [0.2, 0.25) is 0 Å². The van der Waals surface area contributed by atoms with E-state index in [-0.39, 0.29) is 11.0 Å². The van der Waals surface area contributed by atoms with Crippen molar-refractivity contribution in [3.8, 4) is 12.1 Å². The molecular formula is C32H27N3O. The topological polar surface area (TPSA) is 67.9 Å². The normalized spacial score (nSPS) is 14.4. The minimum atomic E-state index is -0.0118. The van der Waals surface area contributed by atoms with Crippen molar-refractivity contribution in [1.29, 1.82) is 10.5 Å². The van der Waals surface area contributed by atoms with Crippen molar-refractivity contribution in [2.45, 2.75) is 26.7 Å². The molecule has 0 atom stereocenters. The Morgan fingerprint density at radius 1 is 0.778 bits per heavy atom. The highest BCUT2D eigenvalue weighted by molar-refractivity contribution is 5.80. The first-order valence-corrected chi connectivity index (χ1v) is 11.8. The first-order chi connectivity index (χ1) is 17.4. The van der Waals surface area contributed by atoms with Crippen LogP contribution in [0.1, 0.15) is 42.6 Å². The Hall–Kier alpha value is -4.67. The van der Waals surface area contributed by atoms with E-state index in [1.807, 2.05) is 60.7 Å². The second kappa shape index (κ2) is 10.7. The Balaban J connectivity index is 1.63. The molecule has 0 saturated heterocycles. The molecule has 0 aromatic heterocycles. The van der Waals surface area contributed by atoms with Gasteiger partial charge in [-0.15, -0.1) is 0 Å². The minimum Gasteiger partial charge on any atom is -0.311 e. The Morgan fingerprint density at radius 2 is 1.33 bits per heavy atom. The molecule has 0 N–H and O–H groups in total. The molecule has 176 valence electrons. The first-order valence-electron chi connectivity index (χ1n) is 11.8. The molecule has 0 unspecified atom stereocenters. The molecule has 0 amide bonds. The Bertz CT molecular complexity index is 1400. The highest BCUT2D eigenvalue weighted by atomic mass is 16.1. The summed E-state index contributed by atoms with van der Waals surface area (Å²) in [7, 11) is 0. The molecule has 0 aliphatic heterocycles. The van der Waals surface area contributed by atoms with Crippen LogP contribution in [0.3, 0.4) is 0 Å². The molecule has 0 saturated carbocycles. The third kappa shape index (κ3) is 5.69. The predicted octanol–water partition coefficient (Wildman–Crippen LogP) is 8.07. The van der Waals surface area contributed by atoms with Crippen molar-refractivity contribution in [2.75, 3.05) is 4.90 Å². The molecule has 0 heterocycles. The number of carbonyl (C=O) groups is 1. The lowest BCUT2D eigenvalue weighted by Gasteiger charge is -2.30. The molecule has 4 heteroatoms. The van der Waals surface area contributed by atoms with E-state index in [9.17, 15) is 15.3 Å². The van der Waals surface area contributed by atoms with Crippen LogP contribution in [-0.2, 0) is 0 Å². The summed E-state index contributed by atoms with van der Waals surface area (Å²) in [6, 6.07) is 30.0. The van der Waals surface area contributed by atoms with Gasteiger partial charge in [0, 0.05) is 22.6 Å². The van der Waals surface area contributed by atoms with E-state index in [1.165, 1.54) is 0 Å². The van der Waals surface area contributed by atoms with Crippen LogP contribution in [0.4, 0.5) is 17.1 Å². The monoisotopic (exact) mass is 469 g/mol. The summed E-state index contributed by atoms with van der Waals surface area (Å²) in [5.74, 6) is 0. The maximum atomic E-state index is 11.1. The van der Waals surface area contributed by atoms with E-state index < -0.39 is 0 Å². The third-order valence-corrected chi connectivity index (χ3v) is 6.20. The molecular weight excluding hydrogens is 442 g/mol. The second-order valence-corrected chi connectivity index (χ2v) is 9.67. The molecule has 1 aliphatic rings. The fourth-order valence-electron chi connectivity index (χ4n) is 4.56. The quantitative estimate of drug-likeness (QED) is 0.270. The van der Waals surface area contributed by atoms with Gasteiger partial charge in [-0.3, -0.25) is 4.79 Å². The van der Waals surface area contributed by atoms with E-state index in [0.717, 1.165) is 52.9 Å². The number of rotatable bonds is 6. The lowest BCUT2D eigenvalue weighted by atomic mass is 9.74. The number of aldehydes is 1. The average molecular weight is 470 g/mol. The van der Waals surface area contributed by atoms with Gasteiger partial charge in [-0.2, -0.15) is 10.5 Å². The van der Waals surface area contributed by atoms with E-state index in [2.05, 4.69) is 67.3 Å². The number of nitrogens with zero attached hydrogens (tertiary/aromatic N) is 3. The Morgan fingerprint density at radius 3 is 1.89 bits per heavy atom. The van der Waals surface area contributed by atoms with Crippen molar-refractivity contribution in [3.63, 3.8) is 0 Å². The van der Waals surface area contributed by atoms with Crippen LogP contribution < -0.4 is 4.90 Å². The third-order valence-electron chi connectivity index (χ3n) is 6.20. The summed E-state index contributed by atoms with van der Waals surface area (Å²) in [6.07, 6.45) is 8.58. The number of benzene rings is 3. The van der Waals surface area contributed by atoms with Crippen LogP contribution in [-0.4, -0.2) is 6.29 Å². The van der Waals surface area contributed by atoms with Crippen molar-refractivity contribution >= 4 is 29.4 Å². The Kier molecular flexibility index (Phi) is 7.28. The standard InChI is InChI=1S/C32H27N3O/c1-32(2)19-26(18-27(20-32)28(21-33)22-34)9-8-24-10-14-30(15-11-24)35(29-6-4-3-5-7-29)31-16-12-25(23-36)13-17-31/h3-18,23H,19-20H2,1-2H3/b9-8+. The average Bonchev–Trinajstić information content (AvgIpc) is 2.89. The number of allylic oxidation sites excluding steroid dienone is 5. The molecule has 4 nitrogen and oxygen atoms in total. The molecule has 1 aliphatic carbocycles. The maximum Gasteiger partial charge on any atom is 0.150 e. The fourth-order valence-corrected chi connectivity index (χ4v) is 4.56. The summed E-state index contributed by atoms with van der Waals surface area (Å²) >= 11 is 0. The number of carbonyl (C=O) groups excluding carboxylic acids is 1. The zero-order valence-corrected chi connectivity index (χ0v) is 20.5. The molecule has 0 bridgehead atoms. The van der Waals surface area contributed by atoms with Gasteiger partial charge in [-0.25, -0.2) is 0 Å². The van der Waals surface area contributed by atoms with Gasteiger partial charge in [-0.05, 0) is 83.5 Å². The smallest absolute Gasteiger partial charge is 0.150 e. The number of hydrogen-bond donors (Lipinski definition) is 0. The van der Waals surface area contributed by atoms with Crippen molar-refractivity contribution in [1.82, 2.24) is 0 Å². The van der Waals surface area contributed by atoms with Crippen molar-refractivity contribution in [2.24, 2.45) is 5.41 Å². The molecule has 36 heavy (non-hydrogen) atoms. The summed E-state index contributed by atoms with van der Waals surface area (Å²) < 4.78 is 0. The predicted molar refractivity (Wildman–Crippen MR) is 145 cm³/mol. The van der Waals surface area contributed by atoms with Crippen LogP contribution in [0.25, 0.3) is 6.08 Å². The highest BCUT2D eigenvalue weighted by Crippen LogP contribution is 2.40.